The Morgan fingerprint density at radius 3 is 1.78 bits per heavy atom. The standard InChI is InChI=1S/C16H13FO/c1-12(13-8-4-2-5-9-13)15(17)16(18)14-10-6-3-7-11-14/h2-11H,1H3/b15-12-. The fourth-order valence-corrected chi connectivity index (χ4v) is 1.70. The lowest BCUT2D eigenvalue weighted by Gasteiger charge is -2.04. The van der Waals surface area contributed by atoms with Crippen LogP contribution in [0.1, 0.15) is 22.8 Å². The monoisotopic (exact) mass is 240 g/mol. The van der Waals surface area contributed by atoms with Crippen LogP contribution in [0.4, 0.5) is 4.39 Å². The zero-order valence-electron chi connectivity index (χ0n) is 10.1. The lowest BCUT2D eigenvalue weighted by molar-refractivity contribution is 0.101. The Morgan fingerprint density at radius 2 is 1.28 bits per heavy atom. The first-order chi connectivity index (χ1) is 8.70. The fourth-order valence-electron chi connectivity index (χ4n) is 1.70. The number of ketones is 1. The van der Waals surface area contributed by atoms with E-state index in [1.54, 1.807) is 49.4 Å². The first-order valence-corrected chi connectivity index (χ1v) is 5.71. The number of allylic oxidation sites excluding steroid dienone is 2. The topological polar surface area (TPSA) is 17.1 Å². The van der Waals surface area contributed by atoms with Crippen LogP contribution in [0.5, 0.6) is 0 Å². The maximum atomic E-state index is 14.1. The molecule has 0 saturated heterocycles. The summed E-state index contributed by atoms with van der Waals surface area (Å²) in [7, 11) is 0. The van der Waals surface area contributed by atoms with E-state index in [4.69, 9.17) is 0 Å². The van der Waals surface area contributed by atoms with Crippen molar-refractivity contribution in [2.75, 3.05) is 0 Å². The summed E-state index contributed by atoms with van der Waals surface area (Å²) in [6.07, 6.45) is 0. The van der Waals surface area contributed by atoms with Crippen LogP contribution >= 0.6 is 0 Å². The van der Waals surface area contributed by atoms with Gasteiger partial charge in [-0.05, 0) is 18.1 Å². The Balaban J connectivity index is 2.37. The third kappa shape index (κ3) is 2.54. The van der Waals surface area contributed by atoms with E-state index < -0.39 is 11.6 Å². The molecule has 0 saturated carbocycles. The maximum Gasteiger partial charge on any atom is 0.221 e. The molecule has 0 unspecified atom stereocenters. The number of benzene rings is 2. The highest BCUT2D eigenvalue weighted by molar-refractivity contribution is 6.11. The van der Waals surface area contributed by atoms with Crippen molar-refractivity contribution in [1.29, 1.82) is 0 Å². The summed E-state index contributed by atoms with van der Waals surface area (Å²) >= 11 is 0. The van der Waals surface area contributed by atoms with E-state index >= 15 is 0 Å². The molecule has 0 N–H and O–H groups in total. The molecule has 0 amide bonds. The molecule has 0 radical (unpaired) electrons. The Labute approximate surface area is 106 Å². The van der Waals surface area contributed by atoms with Gasteiger partial charge in [0, 0.05) is 5.56 Å². The number of carbonyl (C=O) groups is 1. The van der Waals surface area contributed by atoms with Crippen LogP contribution in [0.15, 0.2) is 66.5 Å². The van der Waals surface area contributed by atoms with Gasteiger partial charge in [-0.2, -0.15) is 0 Å². The summed E-state index contributed by atoms with van der Waals surface area (Å²) in [6.45, 7) is 1.62. The molecule has 0 aliphatic carbocycles. The minimum absolute atomic E-state index is 0.365. The van der Waals surface area contributed by atoms with Crippen molar-refractivity contribution in [3.63, 3.8) is 0 Å². The highest BCUT2D eigenvalue weighted by atomic mass is 19.1. The second-order valence-electron chi connectivity index (χ2n) is 4.00. The molecule has 1 nitrogen and oxygen atoms in total. The van der Waals surface area contributed by atoms with E-state index in [0.717, 1.165) is 5.56 Å². The van der Waals surface area contributed by atoms with Crippen LogP contribution in [-0.2, 0) is 0 Å². The van der Waals surface area contributed by atoms with Crippen molar-refractivity contribution in [2.24, 2.45) is 0 Å². The van der Waals surface area contributed by atoms with E-state index in [2.05, 4.69) is 0 Å². The van der Waals surface area contributed by atoms with Crippen LogP contribution in [0.2, 0.25) is 0 Å². The summed E-state index contributed by atoms with van der Waals surface area (Å²) in [5.41, 5.74) is 1.45. The van der Waals surface area contributed by atoms with E-state index in [-0.39, 0.29) is 0 Å². The van der Waals surface area contributed by atoms with Crippen LogP contribution in [-0.4, -0.2) is 5.78 Å². The Bertz CT molecular complexity index is 571. The van der Waals surface area contributed by atoms with Crippen molar-refractivity contribution in [1.82, 2.24) is 0 Å². The molecule has 0 fully saturated rings. The first kappa shape index (κ1) is 12.2. The number of hydrogen-bond donors (Lipinski definition) is 0. The highest BCUT2D eigenvalue weighted by Gasteiger charge is 2.15. The van der Waals surface area contributed by atoms with Crippen LogP contribution in [0, 0.1) is 0 Å². The molecule has 2 heteroatoms. The Kier molecular flexibility index (Phi) is 3.68. The van der Waals surface area contributed by atoms with Gasteiger partial charge in [-0.15, -0.1) is 0 Å². The van der Waals surface area contributed by atoms with Crippen molar-refractivity contribution < 1.29 is 9.18 Å². The average Bonchev–Trinajstić information content (AvgIpc) is 2.47. The van der Waals surface area contributed by atoms with Crippen molar-refractivity contribution in [2.45, 2.75) is 6.92 Å². The van der Waals surface area contributed by atoms with Gasteiger partial charge < -0.3 is 0 Å². The second-order valence-corrected chi connectivity index (χ2v) is 4.00. The Morgan fingerprint density at radius 1 is 0.833 bits per heavy atom. The van der Waals surface area contributed by atoms with Crippen molar-refractivity contribution >= 4 is 11.4 Å². The van der Waals surface area contributed by atoms with Crippen LogP contribution < -0.4 is 0 Å². The number of hydrogen-bond acceptors (Lipinski definition) is 1. The summed E-state index contributed by atoms with van der Waals surface area (Å²) in [4.78, 5) is 11.9. The molecule has 0 spiro atoms. The first-order valence-electron chi connectivity index (χ1n) is 5.71. The predicted molar refractivity (Wildman–Crippen MR) is 70.9 cm³/mol. The lowest BCUT2D eigenvalue weighted by atomic mass is 10.0. The summed E-state index contributed by atoms with van der Waals surface area (Å²) in [6, 6.07) is 17.5. The number of rotatable bonds is 3. The van der Waals surface area contributed by atoms with Gasteiger partial charge in [0.15, 0.2) is 5.83 Å². The van der Waals surface area contributed by atoms with Crippen LogP contribution in [0.25, 0.3) is 5.57 Å². The van der Waals surface area contributed by atoms with Gasteiger partial charge in [0.1, 0.15) is 0 Å². The zero-order valence-corrected chi connectivity index (χ0v) is 10.1. The third-order valence-electron chi connectivity index (χ3n) is 2.77. The lowest BCUT2D eigenvalue weighted by Crippen LogP contribution is -2.01. The predicted octanol–water partition coefficient (Wildman–Crippen LogP) is 4.27. The normalized spacial score (nSPS) is 11.9. The molecular formula is C16H13FO. The van der Waals surface area contributed by atoms with Gasteiger partial charge in [-0.1, -0.05) is 60.7 Å². The second kappa shape index (κ2) is 5.41. The minimum Gasteiger partial charge on any atom is -0.286 e. The van der Waals surface area contributed by atoms with E-state index in [9.17, 15) is 9.18 Å². The molecule has 0 atom stereocenters. The summed E-state index contributed by atoms with van der Waals surface area (Å²) in [5, 5.41) is 0. The average molecular weight is 240 g/mol. The summed E-state index contributed by atoms with van der Waals surface area (Å²) in [5.74, 6) is -1.27. The van der Waals surface area contributed by atoms with E-state index in [0.29, 0.717) is 11.1 Å². The molecule has 0 bridgehead atoms. The number of Topliss-reactive ketones (excluding diaryl/α,β-unsaturated/α-hetero) is 1. The Hall–Kier alpha value is -2.22. The van der Waals surface area contributed by atoms with Crippen molar-refractivity contribution in [3.05, 3.63) is 77.6 Å². The van der Waals surface area contributed by atoms with Gasteiger partial charge in [-0.25, -0.2) is 4.39 Å². The van der Waals surface area contributed by atoms with E-state index in [1.165, 1.54) is 0 Å². The fraction of sp³-hybridized carbons (Fsp3) is 0.0625. The molecule has 90 valence electrons. The molecule has 0 heterocycles. The van der Waals surface area contributed by atoms with Gasteiger partial charge in [0.2, 0.25) is 5.78 Å². The van der Waals surface area contributed by atoms with Gasteiger partial charge in [-0.3, -0.25) is 4.79 Å². The highest BCUT2D eigenvalue weighted by Crippen LogP contribution is 2.21. The molecule has 18 heavy (non-hydrogen) atoms. The van der Waals surface area contributed by atoms with Crippen molar-refractivity contribution in [3.8, 4) is 0 Å². The molecular weight excluding hydrogens is 227 g/mol. The van der Waals surface area contributed by atoms with Gasteiger partial charge >= 0.3 is 0 Å². The zero-order chi connectivity index (χ0) is 13.0. The van der Waals surface area contributed by atoms with Crippen LogP contribution in [0.3, 0.4) is 0 Å². The van der Waals surface area contributed by atoms with Gasteiger partial charge in [0.05, 0.1) is 0 Å². The minimum atomic E-state index is -0.701. The maximum absolute atomic E-state index is 14.1. The van der Waals surface area contributed by atoms with E-state index in [1.807, 2.05) is 18.2 Å². The molecule has 0 aromatic heterocycles. The molecule has 0 aliphatic rings. The summed E-state index contributed by atoms with van der Waals surface area (Å²) < 4.78 is 14.1. The number of halogens is 1. The smallest absolute Gasteiger partial charge is 0.221 e. The van der Waals surface area contributed by atoms with Gasteiger partial charge in [0.25, 0.3) is 0 Å². The largest absolute Gasteiger partial charge is 0.286 e. The number of carbonyl (C=O) groups excluding carboxylic acids is 1. The molecule has 2 aromatic carbocycles. The molecule has 2 rings (SSSR count). The third-order valence-corrected chi connectivity index (χ3v) is 2.77. The quantitative estimate of drug-likeness (QED) is 0.578. The SMILES string of the molecule is C/C(=C(/F)C(=O)c1ccccc1)c1ccccc1. The molecule has 0 aliphatic heterocycles. The molecule has 2 aromatic rings.